The number of aryl methyl sites for hydroxylation is 6. The van der Waals surface area contributed by atoms with Gasteiger partial charge >= 0.3 is 0 Å². The molecule has 4 heteroatoms. The zero-order chi connectivity index (χ0) is 33.8. The van der Waals surface area contributed by atoms with Crippen LogP contribution in [-0.4, -0.2) is 6.67 Å². The Morgan fingerprint density at radius 2 is 0.653 bits per heavy atom. The van der Waals surface area contributed by atoms with Crippen LogP contribution >= 0.6 is 0 Å². The van der Waals surface area contributed by atoms with Gasteiger partial charge < -0.3 is 19.6 Å². The van der Waals surface area contributed by atoms with Gasteiger partial charge in [0.2, 0.25) is 0 Å². The van der Waals surface area contributed by atoms with Crippen molar-refractivity contribution >= 4 is 45.5 Å². The van der Waals surface area contributed by atoms with Crippen LogP contribution in [0.25, 0.3) is 0 Å². The zero-order valence-corrected chi connectivity index (χ0v) is 29.5. The molecule has 244 valence electrons. The average molecular weight is 641 g/mol. The SMILES string of the molecule is Cc1ccc(N(c2ccc(C)cc2)c2cc(C)c3c(c2)CN2CN3Cc3cc(N(c4ccc(C)cc4)c4ccc(C)cc4)cc(C)c32)cc1. The number of nitrogens with zero attached hydrogens (tertiary/aromatic N) is 4. The molecule has 2 aliphatic heterocycles. The number of anilines is 8. The summed E-state index contributed by atoms with van der Waals surface area (Å²) in [6.45, 7) is 15.8. The molecule has 0 aliphatic carbocycles. The summed E-state index contributed by atoms with van der Waals surface area (Å²) < 4.78 is 0. The molecule has 0 aromatic heterocycles. The van der Waals surface area contributed by atoms with Gasteiger partial charge in [-0.2, -0.15) is 0 Å². The van der Waals surface area contributed by atoms with Crippen LogP contribution in [0.3, 0.4) is 0 Å². The summed E-state index contributed by atoms with van der Waals surface area (Å²) in [5.74, 6) is 0. The Balaban J connectivity index is 1.19. The molecule has 0 fully saturated rings. The van der Waals surface area contributed by atoms with Crippen LogP contribution in [0.4, 0.5) is 45.5 Å². The fourth-order valence-electron chi connectivity index (χ4n) is 7.75. The monoisotopic (exact) mass is 640 g/mol. The molecule has 0 spiro atoms. The number of fused-ring (bicyclic) bond motifs is 6. The molecule has 0 N–H and O–H groups in total. The molecule has 4 nitrogen and oxygen atoms in total. The summed E-state index contributed by atoms with van der Waals surface area (Å²) in [5.41, 5.74) is 20.3. The van der Waals surface area contributed by atoms with E-state index in [9.17, 15) is 0 Å². The van der Waals surface area contributed by atoms with E-state index in [4.69, 9.17) is 0 Å². The number of benzene rings is 6. The van der Waals surface area contributed by atoms with E-state index >= 15 is 0 Å². The fraction of sp³-hybridized carbons (Fsp3) is 0.200. The second-order valence-corrected chi connectivity index (χ2v) is 14.1. The van der Waals surface area contributed by atoms with Crippen LogP contribution < -0.4 is 19.6 Å². The maximum Gasteiger partial charge on any atom is 0.0910 e. The molecule has 2 aliphatic rings. The zero-order valence-electron chi connectivity index (χ0n) is 29.5. The fourth-order valence-corrected chi connectivity index (χ4v) is 7.75. The lowest BCUT2D eigenvalue weighted by molar-refractivity contribution is 0.647. The normalized spacial score (nSPS) is 13.2. The van der Waals surface area contributed by atoms with Crippen molar-refractivity contribution in [2.45, 2.75) is 54.6 Å². The quantitative estimate of drug-likeness (QED) is 0.180. The average Bonchev–Trinajstić information content (AvgIpc) is 3.08. The molecule has 0 radical (unpaired) electrons. The Morgan fingerprint density at radius 1 is 0.367 bits per heavy atom. The first kappa shape index (κ1) is 30.8. The lowest BCUT2D eigenvalue weighted by atomic mass is 9.95. The van der Waals surface area contributed by atoms with Crippen molar-refractivity contribution in [1.82, 2.24) is 0 Å². The second kappa shape index (κ2) is 12.2. The summed E-state index contributed by atoms with van der Waals surface area (Å²) in [6, 6.07) is 45.1. The van der Waals surface area contributed by atoms with E-state index in [0.29, 0.717) is 0 Å². The third-order valence-corrected chi connectivity index (χ3v) is 10.1. The van der Waals surface area contributed by atoms with Crippen molar-refractivity contribution in [3.05, 3.63) is 166 Å². The van der Waals surface area contributed by atoms with Crippen molar-refractivity contribution in [3.63, 3.8) is 0 Å². The molecule has 6 aromatic rings. The van der Waals surface area contributed by atoms with Crippen LogP contribution in [0, 0.1) is 41.5 Å². The Labute approximate surface area is 291 Å². The Morgan fingerprint density at radius 3 is 0.939 bits per heavy atom. The molecule has 8 rings (SSSR count). The molecular formula is C45H44N4. The smallest absolute Gasteiger partial charge is 0.0910 e. The Bertz CT molecular complexity index is 1900. The lowest BCUT2D eigenvalue weighted by Gasteiger charge is -2.47. The van der Waals surface area contributed by atoms with Crippen LogP contribution in [-0.2, 0) is 13.1 Å². The van der Waals surface area contributed by atoms with Gasteiger partial charge in [0, 0.05) is 58.6 Å². The van der Waals surface area contributed by atoms with Crippen molar-refractivity contribution in [1.29, 1.82) is 0 Å². The van der Waals surface area contributed by atoms with E-state index in [2.05, 4.69) is 182 Å². The molecule has 2 heterocycles. The number of hydrogen-bond donors (Lipinski definition) is 0. The molecule has 0 unspecified atom stereocenters. The third-order valence-electron chi connectivity index (χ3n) is 10.1. The maximum atomic E-state index is 2.58. The number of rotatable bonds is 6. The van der Waals surface area contributed by atoms with Gasteiger partial charge in [0.05, 0.1) is 6.67 Å². The van der Waals surface area contributed by atoms with Gasteiger partial charge in [0.25, 0.3) is 0 Å². The van der Waals surface area contributed by atoms with Crippen LogP contribution in [0.5, 0.6) is 0 Å². The minimum atomic E-state index is 0.878. The predicted octanol–water partition coefficient (Wildman–Crippen LogP) is 11.8. The van der Waals surface area contributed by atoms with Crippen molar-refractivity contribution in [3.8, 4) is 0 Å². The van der Waals surface area contributed by atoms with E-state index in [1.807, 2.05) is 0 Å². The summed E-state index contributed by atoms with van der Waals surface area (Å²) in [5, 5.41) is 0. The topological polar surface area (TPSA) is 13.0 Å². The van der Waals surface area contributed by atoms with E-state index in [1.165, 1.54) is 90.0 Å². The highest BCUT2D eigenvalue weighted by Gasteiger charge is 2.33. The molecule has 0 atom stereocenters. The van der Waals surface area contributed by atoms with E-state index in [-0.39, 0.29) is 0 Å². The van der Waals surface area contributed by atoms with Crippen LogP contribution in [0.2, 0.25) is 0 Å². The largest absolute Gasteiger partial charge is 0.349 e. The highest BCUT2D eigenvalue weighted by Crippen LogP contribution is 2.47. The second-order valence-electron chi connectivity index (χ2n) is 14.1. The summed E-state index contributed by atoms with van der Waals surface area (Å²) in [6.07, 6.45) is 0. The third kappa shape index (κ3) is 5.72. The van der Waals surface area contributed by atoms with Crippen LogP contribution in [0.1, 0.15) is 44.5 Å². The van der Waals surface area contributed by atoms with Crippen LogP contribution in [0.15, 0.2) is 121 Å². The highest BCUT2D eigenvalue weighted by atomic mass is 15.4. The lowest BCUT2D eigenvalue weighted by Crippen LogP contribution is -2.46. The van der Waals surface area contributed by atoms with E-state index in [0.717, 1.165) is 19.8 Å². The van der Waals surface area contributed by atoms with Gasteiger partial charge in [0.1, 0.15) is 0 Å². The molecular weight excluding hydrogens is 597 g/mol. The minimum absolute atomic E-state index is 0.878. The predicted molar refractivity (Wildman–Crippen MR) is 208 cm³/mol. The highest BCUT2D eigenvalue weighted by molar-refractivity contribution is 5.84. The molecule has 6 aromatic carbocycles. The van der Waals surface area contributed by atoms with Gasteiger partial charge in [-0.3, -0.25) is 0 Å². The minimum Gasteiger partial charge on any atom is -0.349 e. The van der Waals surface area contributed by atoms with E-state index < -0.39 is 0 Å². The Kier molecular flexibility index (Phi) is 7.67. The van der Waals surface area contributed by atoms with Gasteiger partial charge in [-0.1, -0.05) is 70.8 Å². The molecule has 2 bridgehead atoms. The van der Waals surface area contributed by atoms with E-state index in [1.54, 1.807) is 0 Å². The Hall–Kier alpha value is -5.48. The maximum absolute atomic E-state index is 2.58. The number of hydrogen-bond acceptors (Lipinski definition) is 4. The van der Waals surface area contributed by atoms with Gasteiger partial charge in [-0.25, -0.2) is 0 Å². The first-order valence-electron chi connectivity index (χ1n) is 17.4. The van der Waals surface area contributed by atoms with Gasteiger partial charge in [0.15, 0.2) is 0 Å². The standard InChI is InChI=1S/C45H44N4/c1-30-7-15-38(16-8-30)48(39-17-9-31(2)10-18-39)42-23-34(5)44-36(25-42)27-46-29-47(44)28-37-26-43(24-35(6)45(37)46)49(40-19-11-32(3)12-20-40)41-21-13-33(4)14-22-41/h7-26H,27-29H2,1-6H3. The van der Waals surface area contributed by atoms with Crippen molar-refractivity contribution < 1.29 is 0 Å². The summed E-state index contributed by atoms with van der Waals surface area (Å²) in [4.78, 5) is 9.95. The van der Waals surface area contributed by atoms with Gasteiger partial charge in [-0.05, 0) is 137 Å². The molecule has 49 heavy (non-hydrogen) atoms. The first-order valence-corrected chi connectivity index (χ1v) is 17.4. The van der Waals surface area contributed by atoms with Crippen molar-refractivity contribution in [2.24, 2.45) is 0 Å². The molecule has 0 saturated heterocycles. The molecule has 0 amide bonds. The summed E-state index contributed by atoms with van der Waals surface area (Å²) >= 11 is 0. The van der Waals surface area contributed by atoms with Crippen molar-refractivity contribution in [2.75, 3.05) is 26.3 Å². The van der Waals surface area contributed by atoms with Gasteiger partial charge in [-0.15, -0.1) is 0 Å². The summed E-state index contributed by atoms with van der Waals surface area (Å²) in [7, 11) is 0. The molecule has 0 saturated carbocycles. The first-order chi connectivity index (χ1) is 23.7.